The predicted molar refractivity (Wildman–Crippen MR) is 148 cm³/mol. The molecule has 3 unspecified atom stereocenters. The Bertz CT molecular complexity index is 1240. The molecule has 0 spiro atoms. The number of amides is 1. The summed E-state index contributed by atoms with van der Waals surface area (Å²) in [7, 11) is 3.23. The molecule has 38 heavy (non-hydrogen) atoms. The van der Waals surface area contributed by atoms with Crippen molar-refractivity contribution in [3.8, 4) is 0 Å². The SMILES string of the molecule is COC1=CC=C(CNC(=O)c2c(C=O)cccc2N2CC3CCC(C2)N3Cc2ccccc2)C=CC1OC. The second-order valence-corrected chi connectivity index (χ2v) is 10.0. The van der Waals surface area contributed by atoms with Gasteiger partial charge in [-0.3, -0.25) is 14.5 Å². The van der Waals surface area contributed by atoms with E-state index in [1.165, 1.54) is 5.56 Å². The number of anilines is 1. The van der Waals surface area contributed by atoms with E-state index in [-0.39, 0.29) is 12.0 Å². The number of rotatable bonds is 9. The first-order chi connectivity index (χ1) is 18.6. The zero-order valence-electron chi connectivity index (χ0n) is 22.0. The van der Waals surface area contributed by atoms with Crippen molar-refractivity contribution in [2.24, 2.45) is 0 Å². The van der Waals surface area contributed by atoms with Gasteiger partial charge in [0.05, 0.1) is 18.4 Å². The number of methoxy groups -OCH3 is 2. The number of fused-ring (bicyclic) bond motifs is 2. The fraction of sp³-hybridized carbons (Fsp3) is 0.355. The van der Waals surface area contributed by atoms with Crippen LogP contribution in [0.3, 0.4) is 0 Å². The van der Waals surface area contributed by atoms with Crippen molar-refractivity contribution in [3.05, 3.63) is 101 Å². The van der Waals surface area contributed by atoms with Gasteiger partial charge in [-0.15, -0.1) is 0 Å². The highest BCUT2D eigenvalue weighted by atomic mass is 16.5. The van der Waals surface area contributed by atoms with Crippen LogP contribution in [0.25, 0.3) is 0 Å². The number of benzene rings is 2. The summed E-state index contributed by atoms with van der Waals surface area (Å²) in [5, 5.41) is 3.03. The minimum Gasteiger partial charge on any atom is -0.498 e. The van der Waals surface area contributed by atoms with Gasteiger partial charge in [0.15, 0.2) is 6.29 Å². The summed E-state index contributed by atoms with van der Waals surface area (Å²) in [5.74, 6) is 0.444. The second kappa shape index (κ2) is 11.8. The Morgan fingerprint density at radius 2 is 1.79 bits per heavy atom. The molecular formula is C31H35N3O4. The maximum absolute atomic E-state index is 13.5. The third kappa shape index (κ3) is 5.44. The third-order valence-corrected chi connectivity index (χ3v) is 7.78. The van der Waals surface area contributed by atoms with Crippen molar-refractivity contribution in [2.75, 3.05) is 38.8 Å². The largest absolute Gasteiger partial charge is 0.498 e. The van der Waals surface area contributed by atoms with Crippen LogP contribution in [0.1, 0.15) is 39.1 Å². The monoisotopic (exact) mass is 513 g/mol. The lowest BCUT2D eigenvalue weighted by Crippen LogP contribution is -2.53. The minimum atomic E-state index is -0.275. The van der Waals surface area contributed by atoms with Crippen molar-refractivity contribution in [1.82, 2.24) is 10.2 Å². The molecule has 198 valence electrons. The topological polar surface area (TPSA) is 71.1 Å². The molecule has 2 aliphatic heterocycles. The summed E-state index contributed by atoms with van der Waals surface area (Å²) in [5.41, 5.74) is 3.91. The van der Waals surface area contributed by atoms with Crippen molar-refractivity contribution < 1.29 is 19.1 Å². The van der Waals surface area contributed by atoms with E-state index in [0.717, 1.165) is 50.0 Å². The van der Waals surface area contributed by atoms with Gasteiger partial charge in [-0.25, -0.2) is 0 Å². The van der Waals surface area contributed by atoms with Gasteiger partial charge in [0.25, 0.3) is 5.91 Å². The highest BCUT2D eigenvalue weighted by molar-refractivity contribution is 6.06. The van der Waals surface area contributed by atoms with Crippen LogP contribution < -0.4 is 10.2 Å². The maximum atomic E-state index is 13.5. The normalized spacial score (nSPS) is 22.9. The highest BCUT2D eigenvalue weighted by Gasteiger charge is 2.40. The molecule has 1 N–H and O–H groups in total. The van der Waals surface area contributed by atoms with Crippen molar-refractivity contribution in [3.63, 3.8) is 0 Å². The van der Waals surface area contributed by atoms with Crippen LogP contribution in [-0.4, -0.2) is 69.1 Å². The van der Waals surface area contributed by atoms with Crippen LogP contribution in [0.2, 0.25) is 0 Å². The Hall–Kier alpha value is -3.68. The Morgan fingerprint density at radius 1 is 1.03 bits per heavy atom. The summed E-state index contributed by atoms with van der Waals surface area (Å²) in [6, 6.07) is 17.0. The van der Waals surface area contributed by atoms with Gasteiger partial charge in [0.1, 0.15) is 11.9 Å². The Labute approximate surface area is 224 Å². The van der Waals surface area contributed by atoms with Gasteiger partial charge in [-0.1, -0.05) is 54.6 Å². The van der Waals surface area contributed by atoms with E-state index in [0.29, 0.717) is 35.5 Å². The van der Waals surface area contributed by atoms with E-state index < -0.39 is 0 Å². The molecule has 1 aliphatic carbocycles. The molecule has 2 aromatic rings. The average Bonchev–Trinajstić information content (AvgIpc) is 3.12. The molecule has 1 amide bonds. The highest BCUT2D eigenvalue weighted by Crippen LogP contribution is 2.35. The molecular weight excluding hydrogens is 478 g/mol. The summed E-state index contributed by atoms with van der Waals surface area (Å²) >= 11 is 0. The van der Waals surface area contributed by atoms with Crippen LogP contribution in [0, 0.1) is 0 Å². The van der Waals surface area contributed by atoms with Gasteiger partial charge in [-0.2, -0.15) is 0 Å². The predicted octanol–water partition coefficient (Wildman–Crippen LogP) is 4.12. The van der Waals surface area contributed by atoms with Gasteiger partial charge in [0, 0.05) is 50.9 Å². The number of carbonyl (C=O) groups excluding carboxylic acids is 2. The van der Waals surface area contributed by atoms with Crippen molar-refractivity contribution >= 4 is 17.9 Å². The van der Waals surface area contributed by atoms with E-state index in [4.69, 9.17) is 9.47 Å². The number of hydrogen-bond donors (Lipinski definition) is 1. The maximum Gasteiger partial charge on any atom is 0.254 e. The summed E-state index contributed by atoms with van der Waals surface area (Å²) in [6.07, 6.45) is 10.4. The lowest BCUT2D eigenvalue weighted by molar-refractivity contribution is 0.0951. The molecule has 2 aromatic carbocycles. The number of hydrogen-bond acceptors (Lipinski definition) is 6. The number of ether oxygens (including phenoxy) is 2. The van der Waals surface area contributed by atoms with Crippen LogP contribution in [0.5, 0.6) is 0 Å². The molecule has 2 saturated heterocycles. The lowest BCUT2D eigenvalue weighted by Gasteiger charge is -2.42. The second-order valence-electron chi connectivity index (χ2n) is 10.0. The molecule has 2 fully saturated rings. The smallest absolute Gasteiger partial charge is 0.254 e. The Balaban J connectivity index is 1.32. The number of aldehydes is 1. The molecule has 7 heteroatoms. The van der Waals surface area contributed by atoms with Gasteiger partial charge < -0.3 is 19.7 Å². The molecule has 0 aromatic heterocycles. The Morgan fingerprint density at radius 3 is 2.47 bits per heavy atom. The van der Waals surface area contributed by atoms with Crippen LogP contribution in [0.4, 0.5) is 5.69 Å². The molecule has 3 atom stereocenters. The molecule has 2 heterocycles. The molecule has 3 aliphatic rings. The number of piperazine rings is 1. The zero-order valence-corrected chi connectivity index (χ0v) is 22.0. The molecule has 0 radical (unpaired) electrons. The number of nitrogens with zero attached hydrogens (tertiary/aromatic N) is 2. The third-order valence-electron chi connectivity index (χ3n) is 7.78. The van der Waals surface area contributed by atoms with E-state index in [1.807, 2.05) is 36.4 Å². The van der Waals surface area contributed by atoms with Crippen LogP contribution >= 0.6 is 0 Å². The quantitative estimate of drug-likeness (QED) is 0.509. The van der Waals surface area contributed by atoms with E-state index in [1.54, 1.807) is 20.3 Å². The zero-order chi connectivity index (χ0) is 26.5. The van der Waals surface area contributed by atoms with Gasteiger partial charge in [-0.05, 0) is 42.2 Å². The van der Waals surface area contributed by atoms with Gasteiger partial charge >= 0.3 is 0 Å². The standard InChI is InChI=1S/C31H35N3O4/c1-37-28-15-11-22(12-16-29(28)38-2)17-32-31(36)30-24(21-35)9-6-10-27(30)33-19-25-13-14-26(20-33)34(25)18-23-7-4-3-5-8-23/h3-12,15-16,21,25-26,28H,13-14,17-20H2,1-2H3,(H,32,36). The number of nitrogens with one attached hydrogen (secondary N) is 1. The van der Waals surface area contributed by atoms with E-state index in [9.17, 15) is 9.59 Å². The summed E-state index contributed by atoms with van der Waals surface area (Å²) in [4.78, 5) is 30.4. The minimum absolute atomic E-state index is 0.250. The summed E-state index contributed by atoms with van der Waals surface area (Å²) < 4.78 is 10.8. The summed E-state index contributed by atoms with van der Waals surface area (Å²) in [6.45, 7) is 2.94. The first-order valence-electron chi connectivity index (χ1n) is 13.2. The molecule has 5 rings (SSSR count). The lowest BCUT2D eigenvalue weighted by atomic mass is 10.0. The van der Waals surface area contributed by atoms with Crippen molar-refractivity contribution in [1.29, 1.82) is 0 Å². The average molecular weight is 514 g/mol. The molecule has 7 nitrogen and oxygen atoms in total. The fourth-order valence-electron chi connectivity index (χ4n) is 5.82. The first-order valence-corrected chi connectivity index (χ1v) is 13.2. The van der Waals surface area contributed by atoms with Crippen molar-refractivity contribution in [2.45, 2.75) is 37.6 Å². The number of allylic oxidation sites excluding steroid dienone is 2. The molecule has 0 saturated carbocycles. The first kappa shape index (κ1) is 25.9. The van der Waals surface area contributed by atoms with Crippen LogP contribution in [0.15, 0.2) is 84.2 Å². The fourth-order valence-corrected chi connectivity index (χ4v) is 5.82. The van der Waals surface area contributed by atoms with E-state index in [2.05, 4.69) is 45.4 Å². The number of carbonyl (C=O) groups is 2. The Kier molecular flexibility index (Phi) is 8.05. The van der Waals surface area contributed by atoms with Gasteiger partial charge in [0.2, 0.25) is 0 Å². The molecule has 2 bridgehead atoms. The van der Waals surface area contributed by atoms with Crippen LogP contribution in [-0.2, 0) is 16.0 Å². The van der Waals surface area contributed by atoms with E-state index >= 15 is 0 Å².